The number of benzene rings is 3. The molecule has 0 bridgehead atoms. The van der Waals surface area contributed by atoms with E-state index in [2.05, 4.69) is 47.4 Å². The molecular weight excluding hydrogens is 446 g/mol. The highest BCUT2D eigenvalue weighted by molar-refractivity contribution is 7.89. The average molecular weight is 478 g/mol. The van der Waals surface area contributed by atoms with Crippen LogP contribution in [0.2, 0.25) is 0 Å². The van der Waals surface area contributed by atoms with Gasteiger partial charge in [0, 0.05) is 51.7 Å². The molecule has 0 radical (unpaired) electrons. The third kappa shape index (κ3) is 4.73. The van der Waals surface area contributed by atoms with Crippen molar-refractivity contribution in [2.75, 3.05) is 39.3 Å². The second-order valence-electron chi connectivity index (χ2n) is 9.23. The van der Waals surface area contributed by atoms with Gasteiger partial charge in [-0.15, -0.1) is 0 Å². The van der Waals surface area contributed by atoms with E-state index in [0.29, 0.717) is 30.8 Å². The third-order valence-electron chi connectivity index (χ3n) is 7.14. The highest BCUT2D eigenvalue weighted by Crippen LogP contribution is 2.26. The van der Waals surface area contributed by atoms with Gasteiger partial charge in [-0.3, -0.25) is 9.69 Å². The molecule has 7 heteroatoms. The smallest absolute Gasteiger partial charge is 0.243 e. The number of rotatable bonds is 5. The second kappa shape index (κ2) is 9.86. The Hall–Kier alpha value is -2.74. The molecule has 34 heavy (non-hydrogen) atoms. The molecule has 6 nitrogen and oxygen atoms in total. The minimum absolute atomic E-state index is 0.0909. The normalized spacial score (nSPS) is 18.9. The molecule has 2 saturated heterocycles. The van der Waals surface area contributed by atoms with Crippen LogP contribution in [0.3, 0.4) is 0 Å². The summed E-state index contributed by atoms with van der Waals surface area (Å²) in [5.41, 5.74) is 1.32. The molecule has 1 amide bonds. The molecule has 0 unspecified atom stereocenters. The zero-order chi connectivity index (χ0) is 23.5. The van der Waals surface area contributed by atoms with Crippen LogP contribution in [0, 0.1) is 5.92 Å². The minimum Gasteiger partial charge on any atom is -0.340 e. The quantitative estimate of drug-likeness (QED) is 0.564. The van der Waals surface area contributed by atoms with Crippen LogP contribution in [0.25, 0.3) is 10.8 Å². The van der Waals surface area contributed by atoms with E-state index in [-0.39, 0.29) is 11.8 Å². The first kappa shape index (κ1) is 23.0. The lowest BCUT2D eigenvalue weighted by Crippen LogP contribution is -2.51. The topological polar surface area (TPSA) is 60.9 Å². The molecular formula is C27H31N3O3S. The summed E-state index contributed by atoms with van der Waals surface area (Å²) in [6.07, 6.45) is 1.17. The van der Waals surface area contributed by atoms with Crippen molar-refractivity contribution in [3.05, 3.63) is 78.4 Å². The number of nitrogens with zero attached hydrogens (tertiary/aromatic N) is 3. The standard InChI is InChI=1S/C27H31N3O3S/c31-27(23-13-15-30(16-14-23)34(32,33)25-10-2-1-3-11-25)29-19-17-28(18-20-29)21-24-9-6-8-22-7-4-5-12-26(22)24/h1-12,23H,13-21H2. The molecule has 2 heterocycles. The van der Waals surface area contributed by atoms with Crippen LogP contribution < -0.4 is 0 Å². The van der Waals surface area contributed by atoms with E-state index >= 15 is 0 Å². The van der Waals surface area contributed by atoms with Gasteiger partial charge in [0.15, 0.2) is 0 Å². The Morgan fingerprint density at radius 3 is 2.15 bits per heavy atom. The molecule has 0 saturated carbocycles. The summed E-state index contributed by atoms with van der Waals surface area (Å²) in [5, 5.41) is 2.55. The number of piperazine rings is 1. The van der Waals surface area contributed by atoms with Crippen molar-refractivity contribution >= 4 is 26.7 Å². The summed E-state index contributed by atoms with van der Waals surface area (Å²) in [6.45, 7) is 4.85. The molecule has 2 fully saturated rings. The fourth-order valence-electron chi connectivity index (χ4n) is 5.14. The predicted octanol–water partition coefficient (Wildman–Crippen LogP) is 3.58. The van der Waals surface area contributed by atoms with E-state index < -0.39 is 10.0 Å². The molecule has 0 atom stereocenters. The van der Waals surface area contributed by atoms with Gasteiger partial charge in [0.2, 0.25) is 15.9 Å². The molecule has 0 N–H and O–H groups in total. The number of carbonyl (C=O) groups excluding carboxylic acids is 1. The first-order valence-electron chi connectivity index (χ1n) is 12.1. The van der Waals surface area contributed by atoms with E-state index in [0.717, 1.165) is 32.7 Å². The number of hydrogen-bond acceptors (Lipinski definition) is 4. The number of fused-ring (bicyclic) bond motifs is 1. The molecule has 178 valence electrons. The van der Waals surface area contributed by atoms with Gasteiger partial charge in [-0.1, -0.05) is 60.7 Å². The number of amides is 1. The van der Waals surface area contributed by atoms with E-state index in [9.17, 15) is 13.2 Å². The van der Waals surface area contributed by atoms with Gasteiger partial charge in [0.05, 0.1) is 4.90 Å². The average Bonchev–Trinajstić information content (AvgIpc) is 2.89. The van der Waals surface area contributed by atoms with Crippen LogP contribution >= 0.6 is 0 Å². The van der Waals surface area contributed by atoms with Crippen molar-refractivity contribution < 1.29 is 13.2 Å². The van der Waals surface area contributed by atoms with E-state index in [1.807, 2.05) is 11.0 Å². The zero-order valence-corrected chi connectivity index (χ0v) is 20.2. The maximum Gasteiger partial charge on any atom is 0.243 e. The third-order valence-corrected chi connectivity index (χ3v) is 9.05. The maximum absolute atomic E-state index is 13.2. The van der Waals surface area contributed by atoms with Crippen LogP contribution in [0.15, 0.2) is 77.7 Å². The minimum atomic E-state index is -3.49. The summed E-state index contributed by atoms with van der Waals surface area (Å²) < 4.78 is 27.2. The van der Waals surface area contributed by atoms with Crippen LogP contribution in [0.4, 0.5) is 0 Å². The molecule has 2 aliphatic rings. The fraction of sp³-hybridized carbons (Fsp3) is 0.370. The summed E-state index contributed by atoms with van der Waals surface area (Å²) in [6, 6.07) is 23.5. The first-order valence-corrected chi connectivity index (χ1v) is 13.5. The summed E-state index contributed by atoms with van der Waals surface area (Å²) in [4.78, 5) is 17.9. The number of sulfonamides is 1. The lowest BCUT2D eigenvalue weighted by Gasteiger charge is -2.38. The molecule has 3 aromatic rings. The van der Waals surface area contributed by atoms with Gasteiger partial charge in [0.1, 0.15) is 0 Å². The number of piperidine rings is 1. The van der Waals surface area contributed by atoms with Crippen molar-refractivity contribution in [3.8, 4) is 0 Å². The van der Waals surface area contributed by atoms with Crippen molar-refractivity contribution in [1.82, 2.24) is 14.1 Å². The first-order chi connectivity index (χ1) is 16.5. The zero-order valence-electron chi connectivity index (χ0n) is 19.3. The van der Waals surface area contributed by atoms with E-state index in [1.54, 1.807) is 24.3 Å². The van der Waals surface area contributed by atoms with Gasteiger partial charge in [-0.05, 0) is 41.3 Å². The molecule has 0 spiro atoms. The summed E-state index contributed by atoms with van der Waals surface area (Å²) >= 11 is 0. The Morgan fingerprint density at radius 2 is 1.41 bits per heavy atom. The Labute approximate surface area is 201 Å². The second-order valence-corrected chi connectivity index (χ2v) is 11.2. The van der Waals surface area contributed by atoms with Gasteiger partial charge >= 0.3 is 0 Å². The summed E-state index contributed by atoms with van der Waals surface area (Å²) in [5.74, 6) is 0.0911. The van der Waals surface area contributed by atoms with Crippen molar-refractivity contribution in [1.29, 1.82) is 0 Å². The van der Waals surface area contributed by atoms with Gasteiger partial charge in [0.25, 0.3) is 0 Å². The van der Waals surface area contributed by atoms with Gasteiger partial charge in [-0.25, -0.2) is 8.42 Å². The lowest BCUT2D eigenvalue weighted by atomic mass is 9.96. The molecule has 3 aromatic carbocycles. The molecule has 2 aliphatic heterocycles. The fourth-order valence-corrected chi connectivity index (χ4v) is 6.63. The van der Waals surface area contributed by atoms with E-state index in [4.69, 9.17) is 0 Å². The van der Waals surface area contributed by atoms with E-state index in [1.165, 1.54) is 20.6 Å². The summed E-state index contributed by atoms with van der Waals surface area (Å²) in [7, 11) is -3.49. The van der Waals surface area contributed by atoms with Crippen LogP contribution in [-0.4, -0.2) is 67.7 Å². The highest BCUT2D eigenvalue weighted by atomic mass is 32.2. The van der Waals surface area contributed by atoms with Crippen molar-refractivity contribution in [2.24, 2.45) is 5.92 Å². The predicted molar refractivity (Wildman–Crippen MR) is 134 cm³/mol. The Balaban J connectivity index is 1.14. The highest BCUT2D eigenvalue weighted by Gasteiger charge is 2.34. The molecule has 0 aromatic heterocycles. The Bertz CT molecular complexity index is 1240. The van der Waals surface area contributed by atoms with Crippen LogP contribution in [0.5, 0.6) is 0 Å². The number of hydrogen-bond donors (Lipinski definition) is 0. The largest absolute Gasteiger partial charge is 0.340 e. The van der Waals surface area contributed by atoms with Gasteiger partial charge in [-0.2, -0.15) is 4.31 Å². The van der Waals surface area contributed by atoms with Crippen molar-refractivity contribution in [3.63, 3.8) is 0 Å². The van der Waals surface area contributed by atoms with Crippen LogP contribution in [0.1, 0.15) is 18.4 Å². The van der Waals surface area contributed by atoms with Crippen molar-refractivity contribution in [2.45, 2.75) is 24.3 Å². The van der Waals surface area contributed by atoms with Gasteiger partial charge < -0.3 is 4.90 Å². The van der Waals surface area contributed by atoms with Crippen LogP contribution in [-0.2, 0) is 21.4 Å². The molecule has 5 rings (SSSR count). The monoisotopic (exact) mass is 477 g/mol. The SMILES string of the molecule is O=C(C1CCN(S(=O)(=O)c2ccccc2)CC1)N1CCN(Cc2cccc3ccccc23)CC1. The Morgan fingerprint density at radius 1 is 0.765 bits per heavy atom. The maximum atomic E-state index is 13.2. The Kier molecular flexibility index (Phi) is 6.68. The number of carbonyl (C=O) groups is 1. The molecule has 0 aliphatic carbocycles. The lowest BCUT2D eigenvalue weighted by molar-refractivity contribution is -0.138.